The standard InChI is InChI=1S/C28H25F3N2O4/c1-37-26(35)12-11-25(34)33-14-13-19-15-22(9-7-20(19)17-33)32-27(36)24-16-21(28(29,30)31)8-10-23(24)18-5-3-2-4-6-18/h2-10,15-16H,11-14,17H2,1H3,(H,32,36). The number of hydrogen-bond donors (Lipinski definition) is 1. The van der Waals surface area contributed by atoms with Crippen LogP contribution in [0.2, 0.25) is 0 Å². The van der Waals surface area contributed by atoms with E-state index in [0.29, 0.717) is 36.3 Å². The van der Waals surface area contributed by atoms with Crippen LogP contribution in [0.3, 0.4) is 0 Å². The number of fused-ring (bicyclic) bond motifs is 1. The Morgan fingerprint density at radius 3 is 2.41 bits per heavy atom. The van der Waals surface area contributed by atoms with E-state index in [4.69, 9.17) is 0 Å². The molecule has 0 radical (unpaired) electrons. The maximum atomic E-state index is 13.4. The van der Waals surface area contributed by atoms with E-state index in [-0.39, 0.29) is 24.3 Å². The maximum absolute atomic E-state index is 13.4. The molecule has 0 saturated carbocycles. The number of halogens is 3. The highest BCUT2D eigenvalue weighted by atomic mass is 19.4. The van der Waals surface area contributed by atoms with Crippen molar-refractivity contribution in [2.75, 3.05) is 19.0 Å². The van der Waals surface area contributed by atoms with Gasteiger partial charge in [0, 0.05) is 30.8 Å². The highest BCUT2D eigenvalue weighted by molar-refractivity contribution is 6.09. The Kier molecular flexibility index (Phi) is 7.61. The molecule has 0 aliphatic carbocycles. The molecule has 0 spiro atoms. The third kappa shape index (κ3) is 6.17. The topological polar surface area (TPSA) is 75.7 Å². The fourth-order valence-electron chi connectivity index (χ4n) is 4.29. The fourth-order valence-corrected chi connectivity index (χ4v) is 4.29. The number of carbonyl (C=O) groups excluding carboxylic acids is 3. The van der Waals surface area contributed by atoms with Crippen LogP contribution in [0, 0.1) is 0 Å². The van der Waals surface area contributed by atoms with Gasteiger partial charge in [0.1, 0.15) is 0 Å². The van der Waals surface area contributed by atoms with Crippen molar-refractivity contribution < 1.29 is 32.3 Å². The summed E-state index contributed by atoms with van der Waals surface area (Å²) in [6.45, 7) is 0.825. The lowest BCUT2D eigenvalue weighted by Gasteiger charge is -2.29. The quantitative estimate of drug-likeness (QED) is 0.447. The summed E-state index contributed by atoms with van der Waals surface area (Å²) in [6, 6.07) is 17.1. The molecular weight excluding hydrogens is 485 g/mol. The van der Waals surface area contributed by atoms with Crippen LogP contribution in [0.1, 0.15) is 39.9 Å². The Hall–Kier alpha value is -4.14. The van der Waals surface area contributed by atoms with Gasteiger partial charge in [0.2, 0.25) is 5.91 Å². The number of carbonyl (C=O) groups is 3. The summed E-state index contributed by atoms with van der Waals surface area (Å²) in [5.41, 5.74) is 2.32. The summed E-state index contributed by atoms with van der Waals surface area (Å²) in [5, 5.41) is 2.73. The monoisotopic (exact) mass is 510 g/mol. The van der Waals surface area contributed by atoms with Crippen LogP contribution in [0.5, 0.6) is 0 Å². The van der Waals surface area contributed by atoms with E-state index in [0.717, 1.165) is 23.3 Å². The van der Waals surface area contributed by atoms with Gasteiger partial charge < -0.3 is 15.0 Å². The zero-order chi connectivity index (χ0) is 26.6. The second kappa shape index (κ2) is 10.9. The summed E-state index contributed by atoms with van der Waals surface area (Å²) in [7, 11) is 1.27. The van der Waals surface area contributed by atoms with Crippen molar-refractivity contribution in [1.82, 2.24) is 4.90 Å². The van der Waals surface area contributed by atoms with Gasteiger partial charge in [0.25, 0.3) is 5.91 Å². The number of anilines is 1. The van der Waals surface area contributed by atoms with E-state index >= 15 is 0 Å². The molecule has 1 N–H and O–H groups in total. The van der Waals surface area contributed by atoms with E-state index in [1.54, 1.807) is 53.4 Å². The molecule has 3 aromatic carbocycles. The van der Waals surface area contributed by atoms with Gasteiger partial charge in [0.15, 0.2) is 0 Å². The van der Waals surface area contributed by atoms with Crippen molar-refractivity contribution >= 4 is 23.5 Å². The maximum Gasteiger partial charge on any atom is 0.416 e. The first-order valence-corrected chi connectivity index (χ1v) is 11.7. The Bertz CT molecular complexity index is 1320. The Balaban J connectivity index is 1.53. The average molecular weight is 511 g/mol. The van der Waals surface area contributed by atoms with Crippen LogP contribution >= 0.6 is 0 Å². The number of alkyl halides is 3. The van der Waals surface area contributed by atoms with E-state index in [1.807, 2.05) is 0 Å². The van der Waals surface area contributed by atoms with Gasteiger partial charge in [-0.25, -0.2) is 0 Å². The third-order valence-corrected chi connectivity index (χ3v) is 6.28. The molecule has 0 unspecified atom stereocenters. The molecule has 1 heterocycles. The van der Waals surface area contributed by atoms with Crippen LogP contribution in [0.15, 0.2) is 66.7 Å². The highest BCUT2D eigenvalue weighted by Gasteiger charge is 2.32. The first-order chi connectivity index (χ1) is 17.7. The molecule has 1 aliphatic rings. The van der Waals surface area contributed by atoms with Crippen molar-refractivity contribution in [2.24, 2.45) is 0 Å². The first kappa shape index (κ1) is 25.9. The van der Waals surface area contributed by atoms with Gasteiger partial charge in [-0.05, 0) is 52.9 Å². The average Bonchev–Trinajstić information content (AvgIpc) is 2.90. The first-order valence-electron chi connectivity index (χ1n) is 11.7. The minimum absolute atomic E-state index is 0.0180. The molecule has 3 aromatic rings. The lowest BCUT2D eigenvalue weighted by atomic mass is 9.96. The second-order valence-corrected chi connectivity index (χ2v) is 8.70. The van der Waals surface area contributed by atoms with Gasteiger partial charge >= 0.3 is 12.1 Å². The Morgan fingerprint density at radius 1 is 0.946 bits per heavy atom. The number of rotatable bonds is 6. The Labute approximate surface area is 212 Å². The summed E-state index contributed by atoms with van der Waals surface area (Å²) >= 11 is 0. The molecule has 6 nitrogen and oxygen atoms in total. The highest BCUT2D eigenvalue weighted by Crippen LogP contribution is 2.34. The number of benzene rings is 3. The molecular formula is C28H25F3N2O4. The summed E-state index contributed by atoms with van der Waals surface area (Å²) in [6.07, 6.45) is -3.96. The van der Waals surface area contributed by atoms with E-state index in [1.165, 1.54) is 13.2 Å². The van der Waals surface area contributed by atoms with Gasteiger partial charge in [0.05, 0.1) is 19.1 Å². The number of nitrogens with one attached hydrogen (secondary N) is 1. The summed E-state index contributed by atoms with van der Waals surface area (Å²) < 4.78 is 44.8. The normalized spacial score (nSPS) is 13.0. The Morgan fingerprint density at radius 2 is 1.70 bits per heavy atom. The molecule has 37 heavy (non-hydrogen) atoms. The minimum Gasteiger partial charge on any atom is -0.469 e. The van der Waals surface area contributed by atoms with Crippen LogP contribution in [0.25, 0.3) is 11.1 Å². The van der Waals surface area contributed by atoms with Crippen molar-refractivity contribution in [1.29, 1.82) is 0 Å². The SMILES string of the molecule is COC(=O)CCC(=O)N1CCc2cc(NC(=O)c3cc(C(F)(F)F)ccc3-c3ccccc3)ccc2C1. The number of ether oxygens (including phenoxy) is 1. The number of esters is 1. The molecule has 192 valence electrons. The molecule has 1 aliphatic heterocycles. The van der Waals surface area contributed by atoms with Crippen LogP contribution in [0.4, 0.5) is 18.9 Å². The number of methoxy groups -OCH3 is 1. The van der Waals surface area contributed by atoms with Crippen molar-refractivity contribution in [3.8, 4) is 11.1 Å². The molecule has 0 saturated heterocycles. The smallest absolute Gasteiger partial charge is 0.416 e. The zero-order valence-electron chi connectivity index (χ0n) is 20.1. The summed E-state index contributed by atoms with van der Waals surface area (Å²) in [5.74, 6) is -1.24. The van der Waals surface area contributed by atoms with Gasteiger partial charge in [-0.1, -0.05) is 42.5 Å². The molecule has 9 heteroatoms. The molecule has 4 rings (SSSR count). The zero-order valence-corrected chi connectivity index (χ0v) is 20.1. The van der Waals surface area contributed by atoms with E-state index in [2.05, 4.69) is 10.1 Å². The van der Waals surface area contributed by atoms with Crippen LogP contribution in [-0.2, 0) is 33.5 Å². The second-order valence-electron chi connectivity index (χ2n) is 8.70. The van der Waals surface area contributed by atoms with Crippen molar-refractivity contribution in [2.45, 2.75) is 32.0 Å². The van der Waals surface area contributed by atoms with Crippen LogP contribution < -0.4 is 5.32 Å². The fraction of sp³-hybridized carbons (Fsp3) is 0.250. The summed E-state index contributed by atoms with van der Waals surface area (Å²) in [4.78, 5) is 38.6. The lowest BCUT2D eigenvalue weighted by molar-refractivity contribution is -0.143. The number of hydrogen-bond acceptors (Lipinski definition) is 4. The molecule has 2 amide bonds. The van der Waals surface area contributed by atoms with Gasteiger partial charge in [-0.15, -0.1) is 0 Å². The van der Waals surface area contributed by atoms with Gasteiger partial charge in [-0.3, -0.25) is 14.4 Å². The van der Waals surface area contributed by atoms with Gasteiger partial charge in [-0.2, -0.15) is 13.2 Å². The number of nitrogens with zero attached hydrogens (tertiary/aromatic N) is 1. The number of amides is 2. The largest absolute Gasteiger partial charge is 0.469 e. The lowest BCUT2D eigenvalue weighted by Crippen LogP contribution is -2.36. The predicted octanol–water partition coefficient (Wildman–Crippen LogP) is 5.46. The molecule has 0 fully saturated rings. The molecule has 0 bridgehead atoms. The molecule has 0 atom stereocenters. The predicted molar refractivity (Wildman–Crippen MR) is 132 cm³/mol. The van der Waals surface area contributed by atoms with Crippen molar-refractivity contribution in [3.05, 3.63) is 89.0 Å². The van der Waals surface area contributed by atoms with Crippen molar-refractivity contribution in [3.63, 3.8) is 0 Å². The van der Waals surface area contributed by atoms with E-state index in [9.17, 15) is 27.6 Å². The molecule has 0 aromatic heterocycles. The van der Waals surface area contributed by atoms with Crippen LogP contribution in [-0.4, -0.2) is 36.3 Å². The third-order valence-electron chi connectivity index (χ3n) is 6.28. The van der Waals surface area contributed by atoms with E-state index < -0.39 is 23.6 Å². The minimum atomic E-state index is -4.59.